The highest BCUT2D eigenvalue weighted by molar-refractivity contribution is 6.06. The maximum absolute atomic E-state index is 13.1. The van der Waals surface area contributed by atoms with Gasteiger partial charge in [-0.25, -0.2) is 0 Å². The van der Waals surface area contributed by atoms with Gasteiger partial charge in [-0.05, 0) is 53.1 Å². The van der Waals surface area contributed by atoms with Crippen molar-refractivity contribution in [3.63, 3.8) is 0 Å². The number of aromatic nitrogens is 1. The Labute approximate surface area is 207 Å². The Kier molecular flexibility index (Phi) is 7.20. The molecule has 1 aromatic heterocycles. The van der Waals surface area contributed by atoms with E-state index in [1.165, 1.54) is 18.2 Å². The monoisotopic (exact) mass is 487 g/mol. The molecule has 0 aliphatic carbocycles. The fraction of sp³-hybridized carbons (Fsp3) is 0.103. The van der Waals surface area contributed by atoms with Crippen molar-refractivity contribution in [1.29, 1.82) is 0 Å². The number of hydrogen-bond acceptors (Lipinski definition) is 3. The third-order valence-electron chi connectivity index (χ3n) is 5.67. The molecule has 0 radical (unpaired) electrons. The van der Waals surface area contributed by atoms with Crippen LogP contribution in [0.25, 0.3) is 16.3 Å². The minimum Gasteiger partial charge on any atom is -0.378 e. The number of alkyl halides is 3. The number of allylic oxidation sites excluding steroid dienone is 2. The van der Waals surface area contributed by atoms with Crippen molar-refractivity contribution in [3.05, 3.63) is 120 Å². The van der Waals surface area contributed by atoms with Crippen molar-refractivity contribution < 1.29 is 18.0 Å². The van der Waals surface area contributed by atoms with Crippen LogP contribution < -0.4 is 10.2 Å². The highest BCUT2D eigenvalue weighted by Gasteiger charge is 2.30. The van der Waals surface area contributed by atoms with E-state index in [0.29, 0.717) is 16.8 Å². The number of anilines is 2. The minimum atomic E-state index is -4.41. The van der Waals surface area contributed by atoms with E-state index in [9.17, 15) is 18.0 Å². The van der Waals surface area contributed by atoms with Crippen molar-refractivity contribution in [2.24, 2.45) is 0 Å². The molecule has 4 rings (SSSR count). The summed E-state index contributed by atoms with van der Waals surface area (Å²) in [6, 6.07) is 20.0. The van der Waals surface area contributed by atoms with Crippen LogP contribution in [0.15, 0.2) is 103 Å². The largest absolute Gasteiger partial charge is 0.416 e. The molecule has 0 saturated heterocycles. The minimum absolute atomic E-state index is 0.328. The highest BCUT2D eigenvalue weighted by Crippen LogP contribution is 2.32. The molecule has 0 unspecified atom stereocenters. The molecule has 1 heterocycles. The molecule has 0 spiro atoms. The zero-order valence-corrected chi connectivity index (χ0v) is 19.8. The SMILES string of the molecule is CN(C)c1ccc(/C(=C/C=C/C(=O)Nc2cccc3cnccc23)c2ccc(C(F)(F)F)cc2)cc1. The van der Waals surface area contributed by atoms with Crippen molar-refractivity contribution >= 4 is 33.6 Å². The second-order valence-electron chi connectivity index (χ2n) is 8.35. The summed E-state index contributed by atoms with van der Waals surface area (Å²) >= 11 is 0. The number of carbonyl (C=O) groups is 1. The first-order valence-electron chi connectivity index (χ1n) is 11.2. The zero-order valence-electron chi connectivity index (χ0n) is 19.8. The number of rotatable bonds is 6. The summed E-state index contributed by atoms with van der Waals surface area (Å²) in [4.78, 5) is 18.7. The molecular formula is C29H24F3N3O. The van der Waals surface area contributed by atoms with Crippen LogP contribution in [-0.2, 0) is 11.0 Å². The van der Waals surface area contributed by atoms with Crippen LogP contribution >= 0.6 is 0 Å². The molecule has 4 aromatic rings. The first kappa shape index (κ1) is 24.7. The van der Waals surface area contributed by atoms with Gasteiger partial charge in [0, 0.05) is 54.7 Å². The van der Waals surface area contributed by atoms with Gasteiger partial charge in [0.1, 0.15) is 0 Å². The lowest BCUT2D eigenvalue weighted by atomic mass is 9.96. The normalized spacial score (nSPS) is 12.2. The number of nitrogens with one attached hydrogen (secondary N) is 1. The summed E-state index contributed by atoms with van der Waals surface area (Å²) < 4.78 is 39.2. The molecule has 3 aromatic carbocycles. The van der Waals surface area contributed by atoms with Crippen LogP contribution in [0.2, 0.25) is 0 Å². The Hall–Kier alpha value is -4.39. The molecule has 0 atom stereocenters. The van der Waals surface area contributed by atoms with Crippen LogP contribution in [0.1, 0.15) is 16.7 Å². The maximum atomic E-state index is 13.1. The molecule has 0 saturated carbocycles. The van der Waals surface area contributed by atoms with Gasteiger partial charge >= 0.3 is 6.18 Å². The van der Waals surface area contributed by atoms with Crippen molar-refractivity contribution in [1.82, 2.24) is 4.98 Å². The average Bonchev–Trinajstić information content (AvgIpc) is 2.86. The fourth-order valence-corrected chi connectivity index (χ4v) is 3.77. The number of amides is 1. The third kappa shape index (κ3) is 5.81. The van der Waals surface area contributed by atoms with Crippen molar-refractivity contribution in [2.45, 2.75) is 6.18 Å². The standard InChI is InChI=1S/C29H24F3N3O/c1-35(2)24-15-11-21(12-16-24)25(20-9-13-23(14-10-20)29(30,31)32)6-4-8-28(36)34-27-7-3-5-22-19-33-18-17-26(22)27/h3-19H,1-2H3,(H,34,36)/b8-4+,25-6+. The Balaban J connectivity index is 1.62. The average molecular weight is 488 g/mol. The van der Waals surface area contributed by atoms with E-state index >= 15 is 0 Å². The van der Waals surface area contributed by atoms with Gasteiger partial charge in [-0.1, -0.05) is 48.6 Å². The molecule has 36 heavy (non-hydrogen) atoms. The Morgan fingerprint density at radius 1 is 0.917 bits per heavy atom. The van der Waals surface area contributed by atoms with Crippen LogP contribution in [-0.4, -0.2) is 25.0 Å². The molecule has 182 valence electrons. The lowest BCUT2D eigenvalue weighted by molar-refractivity contribution is -0.137. The molecule has 0 fully saturated rings. The van der Waals surface area contributed by atoms with E-state index in [-0.39, 0.29) is 5.91 Å². The second kappa shape index (κ2) is 10.5. The van der Waals surface area contributed by atoms with E-state index in [1.807, 2.05) is 67.5 Å². The molecule has 0 aliphatic rings. The lowest BCUT2D eigenvalue weighted by Gasteiger charge is -2.14. The van der Waals surface area contributed by atoms with Gasteiger partial charge in [-0.15, -0.1) is 0 Å². The van der Waals surface area contributed by atoms with E-state index in [2.05, 4.69) is 10.3 Å². The van der Waals surface area contributed by atoms with Gasteiger partial charge in [-0.3, -0.25) is 9.78 Å². The van der Waals surface area contributed by atoms with Crippen molar-refractivity contribution in [2.75, 3.05) is 24.3 Å². The summed E-state index contributed by atoms with van der Waals surface area (Å²) in [6.07, 6.45) is 3.68. The Morgan fingerprint density at radius 2 is 1.58 bits per heavy atom. The summed E-state index contributed by atoms with van der Waals surface area (Å²) in [5.41, 5.74) is 3.05. The van der Waals surface area contributed by atoms with E-state index in [1.54, 1.807) is 24.5 Å². The summed E-state index contributed by atoms with van der Waals surface area (Å²) in [7, 11) is 3.85. The van der Waals surface area contributed by atoms with Crippen LogP contribution in [0.4, 0.5) is 24.5 Å². The first-order valence-corrected chi connectivity index (χ1v) is 11.2. The van der Waals surface area contributed by atoms with E-state index < -0.39 is 11.7 Å². The molecule has 0 aliphatic heterocycles. The number of benzene rings is 3. The molecule has 4 nitrogen and oxygen atoms in total. The maximum Gasteiger partial charge on any atom is 0.416 e. The van der Waals surface area contributed by atoms with E-state index in [0.717, 1.165) is 34.2 Å². The molecule has 0 bridgehead atoms. The molecule has 7 heteroatoms. The number of carbonyl (C=O) groups excluding carboxylic acids is 1. The van der Waals surface area contributed by atoms with Gasteiger partial charge in [-0.2, -0.15) is 13.2 Å². The lowest BCUT2D eigenvalue weighted by Crippen LogP contribution is -2.08. The third-order valence-corrected chi connectivity index (χ3v) is 5.67. The summed E-state index contributed by atoms with van der Waals surface area (Å²) in [5, 5.41) is 4.65. The fourth-order valence-electron chi connectivity index (χ4n) is 3.77. The van der Waals surface area contributed by atoms with E-state index in [4.69, 9.17) is 0 Å². The topological polar surface area (TPSA) is 45.2 Å². The predicted octanol–water partition coefficient (Wildman–Crippen LogP) is 6.95. The predicted molar refractivity (Wildman–Crippen MR) is 139 cm³/mol. The molecule has 1 amide bonds. The Bertz CT molecular complexity index is 1420. The zero-order chi connectivity index (χ0) is 25.7. The number of fused-ring (bicyclic) bond motifs is 1. The van der Waals surface area contributed by atoms with Crippen LogP contribution in [0, 0.1) is 0 Å². The van der Waals surface area contributed by atoms with Crippen LogP contribution in [0.3, 0.4) is 0 Å². The first-order chi connectivity index (χ1) is 17.2. The summed E-state index contributed by atoms with van der Waals surface area (Å²) in [5.74, 6) is -0.328. The van der Waals surface area contributed by atoms with Gasteiger partial charge in [0.15, 0.2) is 0 Å². The van der Waals surface area contributed by atoms with Gasteiger partial charge in [0.25, 0.3) is 0 Å². The van der Waals surface area contributed by atoms with Gasteiger partial charge in [0.05, 0.1) is 5.56 Å². The molecule has 1 N–H and O–H groups in total. The van der Waals surface area contributed by atoms with Crippen LogP contribution in [0.5, 0.6) is 0 Å². The number of halogens is 3. The number of nitrogens with zero attached hydrogens (tertiary/aromatic N) is 2. The quantitative estimate of drug-likeness (QED) is 0.237. The number of hydrogen-bond donors (Lipinski definition) is 1. The van der Waals surface area contributed by atoms with Gasteiger partial charge in [0.2, 0.25) is 5.91 Å². The summed E-state index contributed by atoms with van der Waals surface area (Å²) in [6.45, 7) is 0. The second-order valence-corrected chi connectivity index (χ2v) is 8.35. The van der Waals surface area contributed by atoms with Gasteiger partial charge < -0.3 is 10.2 Å². The smallest absolute Gasteiger partial charge is 0.378 e. The Morgan fingerprint density at radius 3 is 2.22 bits per heavy atom. The number of pyridine rings is 1. The molecular weight excluding hydrogens is 463 g/mol. The highest BCUT2D eigenvalue weighted by atomic mass is 19.4. The van der Waals surface area contributed by atoms with Crippen molar-refractivity contribution in [3.8, 4) is 0 Å².